The molecule has 0 fully saturated rings. The highest BCUT2D eigenvalue weighted by Crippen LogP contribution is 2.28. The standard InChI is InChI=1S/C13H18N2S2/c1-3-10(2)14-8-9-16-13-15-11-6-4-5-7-12(11)17-13/h4-7,10,14H,3,8-9H2,1-2H3. The number of nitrogens with zero attached hydrogens (tertiary/aromatic N) is 1. The van der Waals surface area contributed by atoms with Crippen molar-refractivity contribution in [3.8, 4) is 0 Å². The van der Waals surface area contributed by atoms with Gasteiger partial charge in [0.15, 0.2) is 4.34 Å². The maximum absolute atomic E-state index is 4.60. The minimum Gasteiger partial charge on any atom is -0.313 e. The van der Waals surface area contributed by atoms with E-state index in [4.69, 9.17) is 0 Å². The van der Waals surface area contributed by atoms with E-state index in [0.717, 1.165) is 17.8 Å². The van der Waals surface area contributed by atoms with E-state index in [1.807, 2.05) is 17.8 Å². The molecule has 17 heavy (non-hydrogen) atoms. The van der Waals surface area contributed by atoms with Gasteiger partial charge in [-0.15, -0.1) is 11.3 Å². The van der Waals surface area contributed by atoms with Crippen LogP contribution in [-0.2, 0) is 0 Å². The Bertz CT molecular complexity index is 434. The minimum atomic E-state index is 0.617. The highest BCUT2D eigenvalue weighted by atomic mass is 32.2. The summed E-state index contributed by atoms with van der Waals surface area (Å²) >= 11 is 3.63. The zero-order chi connectivity index (χ0) is 12.1. The van der Waals surface area contributed by atoms with Crippen molar-refractivity contribution in [2.24, 2.45) is 0 Å². The van der Waals surface area contributed by atoms with Crippen molar-refractivity contribution in [3.63, 3.8) is 0 Å². The topological polar surface area (TPSA) is 24.9 Å². The van der Waals surface area contributed by atoms with E-state index in [2.05, 4.69) is 42.3 Å². The van der Waals surface area contributed by atoms with Crippen molar-refractivity contribution in [2.75, 3.05) is 12.3 Å². The molecule has 1 heterocycles. The van der Waals surface area contributed by atoms with Crippen LogP contribution in [0.15, 0.2) is 28.6 Å². The van der Waals surface area contributed by atoms with Crippen molar-refractivity contribution in [2.45, 2.75) is 30.6 Å². The molecular formula is C13H18N2S2. The van der Waals surface area contributed by atoms with Gasteiger partial charge in [0.25, 0.3) is 0 Å². The normalized spacial score (nSPS) is 13.1. The van der Waals surface area contributed by atoms with Gasteiger partial charge in [-0.3, -0.25) is 0 Å². The quantitative estimate of drug-likeness (QED) is 0.636. The average Bonchev–Trinajstić information content (AvgIpc) is 2.76. The fraction of sp³-hybridized carbons (Fsp3) is 0.462. The number of fused-ring (bicyclic) bond motifs is 1. The average molecular weight is 266 g/mol. The van der Waals surface area contributed by atoms with Gasteiger partial charge in [0.2, 0.25) is 0 Å². The first-order chi connectivity index (χ1) is 8.29. The lowest BCUT2D eigenvalue weighted by Gasteiger charge is -2.09. The summed E-state index contributed by atoms with van der Waals surface area (Å²) in [5, 5.41) is 3.49. The first-order valence-corrected chi connectivity index (χ1v) is 7.81. The summed E-state index contributed by atoms with van der Waals surface area (Å²) in [6.45, 7) is 5.48. The number of rotatable bonds is 6. The summed E-state index contributed by atoms with van der Waals surface area (Å²) in [6.07, 6.45) is 1.19. The largest absolute Gasteiger partial charge is 0.313 e. The highest BCUT2D eigenvalue weighted by Gasteiger charge is 2.03. The van der Waals surface area contributed by atoms with E-state index in [-0.39, 0.29) is 0 Å². The van der Waals surface area contributed by atoms with Crippen molar-refractivity contribution in [1.82, 2.24) is 10.3 Å². The third-order valence-electron chi connectivity index (χ3n) is 2.71. The predicted molar refractivity (Wildman–Crippen MR) is 78.1 cm³/mol. The van der Waals surface area contributed by atoms with E-state index in [1.54, 1.807) is 11.3 Å². The van der Waals surface area contributed by atoms with Gasteiger partial charge in [-0.05, 0) is 25.5 Å². The molecule has 92 valence electrons. The van der Waals surface area contributed by atoms with Gasteiger partial charge in [0.1, 0.15) is 0 Å². The summed E-state index contributed by atoms with van der Waals surface area (Å²) in [5.74, 6) is 1.09. The number of thiazole rings is 1. The molecule has 2 nitrogen and oxygen atoms in total. The first kappa shape index (κ1) is 12.9. The molecule has 0 aliphatic rings. The molecule has 0 amide bonds. The molecule has 2 rings (SSSR count). The van der Waals surface area contributed by atoms with Crippen LogP contribution in [0.4, 0.5) is 0 Å². The molecule has 1 atom stereocenters. The lowest BCUT2D eigenvalue weighted by Crippen LogP contribution is -2.27. The van der Waals surface area contributed by atoms with Crippen molar-refractivity contribution in [3.05, 3.63) is 24.3 Å². The molecule has 1 N–H and O–H groups in total. The Morgan fingerprint density at radius 2 is 2.24 bits per heavy atom. The Morgan fingerprint density at radius 3 is 3.00 bits per heavy atom. The Kier molecular flexibility index (Phi) is 4.83. The van der Waals surface area contributed by atoms with Crippen LogP contribution in [0.5, 0.6) is 0 Å². The fourth-order valence-corrected chi connectivity index (χ4v) is 3.51. The number of hydrogen-bond acceptors (Lipinski definition) is 4. The molecule has 0 aliphatic carbocycles. The van der Waals surface area contributed by atoms with Crippen LogP contribution < -0.4 is 5.32 Å². The second-order valence-corrected chi connectivity index (χ2v) is 6.43. The van der Waals surface area contributed by atoms with Gasteiger partial charge in [0, 0.05) is 18.3 Å². The Morgan fingerprint density at radius 1 is 1.41 bits per heavy atom. The van der Waals surface area contributed by atoms with Crippen LogP contribution in [0, 0.1) is 0 Å². The number of hydrogen-bond donors (Lipinski definition) is 1. The van der Waals surface area contributed by atoms with E-state index >= 15 is 0 Å². The number of aromatic nitrogens is 1. The van der Waals surface area contributed by atoms with E-state index in [1.165, 1.54) is 15.5 Å². The van der Waals surface area contributed by atoms with E-state index in [0.29, 0.717) is 6.04 Å². The number of thioether (sulfide) groups is 1. The molecule has 4 heteroatoms. The molecule has 1 aromatic heterocycles. The van der Waals surface area contributed by atoms with E-state index < -0.39 is 0 Å². The summed E-state index contributed by atoms with van der Waals surface area (Å²) in [6, 6.07) is 8.94. The van der Waals surface area contributed by atoms with Gasteiger partial charge in [-0.25, -0.2) is 4.98 Å². The molecule has 0 aliphatic heterocycles. The summed E-state index contributed by atoms with van der Waals surface area (Å²) in [5.41, 5.74) is 1.12. The number of nitrogens with one attached hydrogen (secondary N) is 1. The zero-order valence-electron chi connectivity index (χ0n) is 10.3. The molecule has 0 spiro atoms. The lowest BCUT2D eigenvalue weighted by molar-refractivity contribution is 0.555. The SMILES string of the molecule is CCC(C)NCCSc1nc2ccccc2s1. The molecule has 1 aromatic carbocycles. The van der Waals surface area contributed by atoms with Crippen LogP contribution in [0.3, 0.4) is 0 Å². The molecule has 0 bridgehead atoms. The molecule has 0 radical (unpaired) electrons. The Hall–Kier alpha value is -0.580. The summed E-state index contributed by atoms with van der Waals surface area (Å²) in [4.78, 5) is 4.60. The van der Waals surface area contributed by atoms with Crippen molar-refractivity contribution < 1.29 is 0 Å². The summed E-state index contributed by atoms with van der Waals surface area (Å²) in [7, 11) is 0. The van der Waals surface area contributed by atoms with Crippen LogP contribution in [0.1, 0.15) is 20.3 Å². The first-order valence-electron chi connectivity index (χ1n) is 6.01. The fourth-order valence-electron chi connectivity index (χ4n) is 1.50. The monoisotopic (exact) mass is 266 g/mol. The third kappa shape index (κ3) is 3.69. The van der Waals surface area contributed by atoms with Crippen molar-refractivity contribution >= 4 is 33.3 Å². The van der Waals surface area contributed by atoms with Crippen LogP contribution in [0.2, 0.25) is 0 Å². The summed E-state index contributed by atoms with van der Waals surface area (Å²) < 4.78 is 2.46. The van der Waals surface area contributed by atoms with Gasteiger partial charge in [-0.1, -0.05) is 30.8 Å². The van der Waals surface area contributed by atoms with E-state index in [9.17, 15) is 0 Å². The van der Waals surface area contributed by atoms with Crippen LogP contribution in [-0.4, -0.2) is 23.3 Å². The second kappa shape index (κ2) is 6.38. The molecular weight excluding hydrogens is 248 g/mol. The lowest BCUT2D eigenvalue weighted by atomic mass is 10.3. The smallest absolute Gasteiger partial charge is 0.151 e. The maximum Gasteiger partial charge on any atom is 0.151 e. The zero-order valence-corrected chi connectivity index (χ0v) is 11.9. The van der Waals surface area contributed by atoms with Crippen LogP contribution >= 0.6 is 23.1 Å². The highest BCUT2D eigenvalue weighted by molar-refractivity contribution is 8.01. The van der Waals surface area contributed by atoms with Crippen LogP contribution in [0.25, 0.3) is 10.2 Å². The Balaban J connectivity index is 1.83. The van der Waals surface area contributed by atoms with Gasteiger partial charge in [-0.2, -0.15) is 0 Å². The minimum absolute atomic E-state index is 0.617. The van der Waals surface area contributed by atoms with Gasteiger partial charge in [0.05, 0.1) is 10.2 Å². The second-order valence-electron chi connectivity index (χ2n) is 4.06. The molecule has 2 aromatic rings. The number of para-hydroxylation sites is 1. The maximum atomic E-state index is 4.60. The number of benzene rings is 1. The molecule has 0 saturated heterocycles. The Labute approximate surface area is 111 Å². The predicted octanol–water partition coefficient (Wildman–Crippen LogP) is 3.78. The van der Waals surface area contributed by atoms with Gasteiger partial charge >= 0.3 is 0 Å². The van der Waals surface area contributed by atoms with Gasteiger partial charge < -0.3 is 5.32 Å². The molecule has 0 saturated carbocycles. The van der Waals surface area contributed by atoms with Crippen molar-refractivity contribution in [1.29, 1.82) is 0 Å². The molecule has 1 unspecified atom stereocenters. The third-order valence-corrected chi connectivity index (χ3v) is 4.89.